The van der Waals surface area contributed by atoms with Gasteiger partial charge in [-0.3, -0.25) is 4.79 Å². The summed E-state index contributed by atoms with van der Waals surface area (Å²) in [5.41, 5.74) is 3.00. The summed E-state index contributed by atoms with van der Waals surface area (Å²) in [5, 5.41) is 13.9. The van der Waals surface area contributed by atoms with Crippen molar-refractivity contribution in [2.24, 2.45) is 5.10 Å². The van der Waals surface area contributed by atoms with E-state index < -0.39 is 5.91 Å². The maximum Gasteiger partial charge on any atom is 0.275 e. The lowest BCUT2D eigenvalue weighted by atomic mass is 10.2. The van der Waals surface area contributed by atoms with Crippen molar-refractivity contribution in [3.63, 3.8) is 0 Å². The number of carbonyl (C=O) groups is 1. The molecule has 0 atom stereocenters. The van der Waals surface area contributed by atoms with E-state index in [2.05, 4.69) is 26.5 Å². The fourth-order valence-electron chi connectivity index (χ4n) is 1.94. The van der Waals surface area contributed by atoms with Crippen LogP contribution in [0.1, 0.15) is 15.9 Å². The molecule has 2 aromatic rings. The Morgan fingerprint density at radius 3 is 2.83 bits per heavy atom. The number of rotatable bonds is 3. The zero-order valence-corrected chi connectivity index (χ0v) is 13.9. The second-order valence-corrected chi connectivity index (χ2v) is 5.91. The first-order chi connectivity index (χ1) is 11.0. The van der Waals surface area contributed by atoms with Gasteiger partial charge in [0.15, 0.2) is 11.5 Å². The molecule has 23 heavy (non-hydrogen) atoms. The summed E-state index contributed by atoms with van der Waals surface area (Å²) < 4.78 is 11.1. The van der Waals surface area contributed by atoms with Crippen molar-refractivity contribution >= 4 is 39.7 Å². The van der Waals surface area contributed by atoms with E-state index >= 15 is 0 Å². The molecule has 3 rings (SSSR count). The number of amides is 1. The van der Waals surface area contributed by atoms with E-state index in [1.807, 2.05) is 0 Å². The number of ether oxygens (including phenoxy) is 2. The molecule has 118 valence electrons. The molecule has 0 fully saturated rings. The third kappa shape index (κ3) is 3.40. The average molecular weight is 398 g/mol. The van der Waals surface area contributed by atoms with Gasteiger partial charge in [-0.2, -0.15) is 5.10 Å². The number of aromatic hydroxyl groups is 1. The van der Waals surface area contributed by atoms with E-state index in [9.17, 15) is 9.90 Å². The molecule has 6 nitrogen and oxygen atoms in total. The minimum atomic E-state index is -0.545. The summed E-state index contributed by atoms with van der Waals surface area (Å²) in [6.45, 7) is 0.144. The van der Waals surface area contributed by atoms with Crippen LogP contribution >= 0.6 is 27.5 Å². The fourth-order valence-corrected chi connectivity index (χ4v) is 2.51. The molecule has 0 saturated heterocycles. The van der Waals surface area contributed by atoms with E-state index in [0.717, 1.165) is 0 Å². The Bertz CT molecular complexity index is 810. The Hall–Kier alpha value is -2.25. The van der Waals surface area contributed by atoms with Gasteiger partial charge in [0.05, 0.1) is 16.8 Å². The molecule has 0 spiro atoms. The Labute approximate surface area is 144 Å². The lowest BCUT2D eigenvalue weighted by Crippen LogP contribution is -2.17. The van der Waals surface area contributed by atoms with Crippen molar-refractivity contribution in [3.05, 3.63) is 51.0 Å². The van der Waals surface area contributed by atoms with Crippen molar-refractivity contribution in [1.82, 2.24) is 5.43 Å². The standard InChI is InChI=1S/C15H10BrClN2O4/c16-9-1-2-12(20)10(4-9)15(21)19-18-6-8-3-13-14(5-11(8)17)23-7-22-13/h1-6,20H,7H2,(H,19,21)/b18-6-. The van der Waals surface area contributed by atoms with Gasteiger partial charge in [0, 0.05) is 16.1 Å². The molecule has 0 radical (unpaired) electrons. The van der Waals surface area contributed by atoms with Crippen molar-refractivity contribution in [2.45, 2.75) is 0 Å². The Balaban J connectivity index is 1.74. The lowest BCUT2D eigenvalue weighted by Gasteiger charge is -2.04. The van der Waals surface area contributed by atoms with Crippen molar-refractivity contribution in [2.75, 3.05) is 6.79 Å². The summed E-state index contributed by atoms with van der Waals surface area (Å²) in [7, 11) is 0. The van der Waals surface area contributed by atoms with Crippen LogP contribution in [-0.4, -0.2) is 24.0 Å². The normalized spacial score (nSPS) is 12.6. The number of benzene rings is 2. The van der Waals surface area contributed by atoms with E-state index in [1.165, 1.54) is 18.3 Å². The molecule has 0 aromatic heterocycles. The summed E-state index contributed by atoms with van der Waals surface area (Å²) in [5.74, 6) is 0.445. The molecule has 1 aliphatic heterocycles. The molecule has 0 saturated carbocycles. The summed E-state index contributed by atoms with van der Waals surface area (Å²) in [6, 6.07) is 7.82. The highest BCUT2D eigenvalue weighted by molar-refractivity contribution is 9.10. The van der Waals surface area contributed by atoms with Crippen LogP contribution in [0.25, 0.3) is 0 Å². The minimum absolute atomic E-state index is 0.105. The van der Waals surface area contributed by atoms with Crippen LogP contribution in [0.5, 0.6) is 17.2 Å². The van der Waals surface area contributed by atoms with Gasteiger partial charge >= 0.3 is 0 Å². The summed E-state index contributed by atoms with van der Waals surface area (Å²) in [6.07, 6.45) is 1.39. The molecular formula is C15H10BrClN2O4. The zero-order chi connectivity index (χ0) is 16.4. The van der Waals surface area contributed by atoms with E-state index in [-0.39, 0.29) is 18.1 Å². The van der Waals surface area contributed by atoms with Gasteiger partial charge in [-0.25, -0.2) is 5.43 Å². The molecule has 1 heterocycles. The monoisotopic (exact) mass is 396 g/mol. The number of hydrazone groups is 1. The lowest BCUT2D eigenvalue weighted by molar-refractivity contribution is 0.0952. The topological polar surface area (TPSA) is 80.2 Å². The first-order valence-corrected chi connectivity index (χ1v) is 7.63. The van der Waals surface area contributed by atoms with Crippen molar-refractivity contribution in [1.29, 1.82) is 0 Å². The van der Waals surface area contributed by atoms with Gasteiger partial charge in [-0.15, -0.1) is 0 Å². The highest BCUT2D eigenvalue weighted by atomic mass is 79.9. The highest BCUT2D eigenvalue weighted by Crippen LogP contribution is 2.36. The van der Waals surface area contributed by atoms with Gasteiger partial charge in [0.1, 0.15) is 5.75 Å². The number of carbonyl (C=O) groups excluding carboxylic acids is 1. The zero-order valence-electron chi connectivity index (χ0n) is 11.5. The first kappa shape index (κ1) is 15.6. The number of hydrogen-bond acceptors (Lipinski definition) is 5. The maximum absolute atomic E-state index is 12.0. The van der Waals surface area contributed by atoms with Gasteiger partial charge in [-0.1, -0.05) is 27.5 Å². The van der Waals surface area contributed by atoms with Gasteiger partial charge in [0.2, 0.25) is 6.79 Å². The summed E-state index contributed by atoms with van der Waals surface area (Å²) in [4.78, 5) is 12.0. The number of nitrogens with zero attached hydrogens (tertiary/aromatic N) is 1. The van der Waals surface area contributed by atoms with Crippen LogP contribution < -0.4 is 14.9 Å². The number of nitrogens with one attached hydrogen (secondary N) is 1. The molecule has 0 aliphatic carbocycles. The Morgan fingerprint density at radius 1 is 1.30 bits per heavy atom. The molecular weight excluding hydrogens is 388 g/mol. The van der Waals surface area contributed by atoms with E-state index in [1.54, 1.807) is 18.2 Å². The maximum atomic E-state index is 12.0. The predicted octanol–water partition coefficient (Wildman–Crippen LogP) is 3.30. The van der Waals surface area contributed by atoms with Gasteiger partial charge in [0.25, 0.3) is 5.91 Å². The number of fused-ring (bicyclic) bond motifs is 1. The second kappa shape index (κ2) is 6.47. The number of phenolic OH excluding ortho intramolecular Hbond substituents is 1. The van der Waals surface area contributed by atoms with Crippen LogP contribution in [0.3, 0.4) is 0 Å². The van der Waals surface area contributed by atoms with Crippen LogP contribution in [0.4, 0.5) is 0 Å². The highest BCUT2D eigenvalue weighted by Gasteiger charge is 2.16. The first-order valence-electron chi connectivity index (χ1n) is 6.45. The average Bonchev–Trinajstić information content (AvgIpc) is 2.96. The third-order valence-corrected chi connectivity index (χ3v) is 3.89. The third-order valence-electron chi connectivity index (χ3n) is 3.06. The second-order valence-electron chi connectivity index (χ2n) is 4.59. The quantitative estimate of drug-likeness (QED) is 0.615. The van der Waals surface area contributed by atoms with Crippen molar-refractivity contribution < 1.29 is 19.4 Å². The summed E-state index contributed by atoms with van der Waals surface area (Å²) >= 11 is 9.34. The predicted molar refractivity (Wildman–Crippen MR) is 88.4 cm³/mol. The molecule has 0 bridgehead atoms. The van der Waals surface area contributed by atoms with Crippen LogP contribution in [-0.2, 0) is 0 Å². The molecule has 0 unspecified atom stereocenters. The number of halogens is 2. The molecule has 2 aromatic carbocycles. The molecule has 1 aliphatic rings. The molecule has 1 amide bonds. The minimum Gasteiger partial charge on any atom is -0.507 e. The SMILES string of the molecule is O=C(N/N=C\c1cc2c(cc1Cl)OCO2)c1cc(Br)ccc1O. The fraction of sp³-hybridized carbons (Fsp3) is 0.0667. The van der Waals surface area contributed by atoms with E-state index in [4.69, 9.17) is 21.1 Å². The van der Waals surface area contributed by atoms with Gasteiger partial charge in [-0.05, 0) is 24.3 Å². The molecule has 2 N–H and O–H groups in total. The number of phenols is 1. The Kier molecular flexibility index (Phi) is 4.40. The number of hydrogen-bond donors (Lipinski definition) is 2. The largest absolute Gasteiger partial charge is 0.507 e. The smallest absolute Gasteiger partial charge is 0.275 e. The van der Waals surface area contributed by atoms with Crippen molar-refractivity contribution in [3.8, 4) is 17.2 Å². The van der Waals surface area contributed by atoms with Gasteiger partial charge < -0.3 is 14.6 Å². The molecule has 8 heteroatoms. The van der Waals surface area contributed by atoms with E-state index in [0.29, 0.717) is 26.6 Å². The Morgan fingerprint density at radius 2 is 2.04 bits per heavy atom. The van der Waals surface area contributed by atoms with Crippen LogP contribution in [0.15, 0.2) is 39.9 Å². The van der Waals surface area contributed by atoms with Crippen LogP contribution in [0, 0.1) is 0 Å². The van der Waals surface area contributed by atoms with Crippen LogP contribution in [0.2, 0.25) is 5.02 Å².